The van der Waals surface area contributed by atoms with Crippen molar-refractivity contribution in [2.24, 2.45) is 5.92 Å². The van der Waals surface area contributed by atoms with Crippen LogP contribution in [0.25, 0.3) is 0 Å². The molecule has 0 radical (unpaired) electrons. The number of nitrogens with zero attached hydrogens (tertiary/aromatic N) is 2. The first-order valence-corrected chi connectivity index (χ1v) is 12.1. The normalized spacial score (nSPS) is 24.8. The van der Waals surface area contributed by atoms with Crippen LogP contribution in [0.15, 0.2) is 36.5 Å². The molecule has 3 heterocycles. The first-order valence-electron chi connectivity index (χ1n) is 12.1. The van der Waals surface area contributed by atoms with E-state index in [1.165, 1.54) is 18.2 Å². The number of imide groups is 1. The summed E-state index contributed by atoms with van der Waals surface area (Å²) in [4.78, 5) is 42.0. The molecule has 2 N–H and O–H groups in total. The first-order chi connectivity index (χ1) is 16.5. The van der Waals surface area contributed by atoms with Gasteiger partial charge in [-0.15, -0.1) is 0 Å². The minimum Gasteiger partial charge on any atom is -0.322 e. The van der Waals surface area contributed by atoms with Gasteiger partial charge in [-0.2, -0.15) is 4.39 Å². The van der Waals surface area contributed by atoms with Gasteiger partial charge in [-0.05, 0) is 54.9 Å². The molecular formula is C26H29FN4O3. The van der Waals surface area contributed by atoms with Crippen LogP contribution in [0.2, 0.25) is 0 Å². The molecule has 1 aromatic heterocycles. The predicted octanol–water partition coefficient (Wildman–Crippen LogP) is 2.87. The van der Waals surface area contributed by atoms with Crippen molar-refractivity contribution in [3.05, 3.63) is 64.7 Å². The van der Waals surface area contributed by atoms with E-state index in [1.807, 2.05) is 12.1 Å². The van der Waals surface area contributed by atoms with Gasteiger partial charge in [-0.1, -0.05) is 31.0 Å². The van der Waals surface area contributed by atoms with Gasteiger partial charge in [-0.25, -0.2) is 4.98 Å². The molecule has 178 valence electrons. The molecule has 2 aromatic rings. The Hall–Kier alpha value is -3.13. The third-order valence-corrected chi connectivity index (χ3v) is 7.39. The molecule has 1 unspecified atom stereocenters. The van der Waals surface area contributed by atoms with Crippen LogP contribution in [-0.4, -0.2) is 39.7 Å². The molecule has 3 amide bonds. The van der Waals surface area contributed by atoms with E-state index in [-0.39, 0.29) is 24.1 Å². The summed E-state index contributed by atoms with van der Waals surface area (Å²) in [7, 11) is 0. The van der Waals surface area contributed by atoms with Crippen molar-refractivity contribution >= 4 is 17.7 Å². The maximum Gasteiger partial charge on any atom is 0.255 e. The highest BCUT2D eigenvalue weighted by atomic mass is 19.1. The summed E-state index contributed by atoms with van der Waals surface area (Å²) in [5.41, 5.74) is 3.32. The summed E-state index contributed by atoms with van der Waals surface area (Å²) >= 11 is 0. The molecule has 5 rings (SSSR count). The molecule has 2 fully saturated rings. The zero-order valence-corrected chi connectivity index (χ0v) is 19.1. The Labute approximate surface area is 198 Å². The van der Waals surface area contributed by atoms with Gasteiger partial charge < -0.3 is 10.2 Å². The number of pyridine rings is 1. The minimum absolute atomic E-state index is 0.147. The van der Waals surface area contributed by atoms with Crippen LogP contribution in [0.1, 0.15) is 65.6 Å². The second kappa shape index (κ2) is 9.62. The summed E-state index contributed by atoms with van der Waals surface area (Å²) in [5.74, 6) is -0.818. The number of amides is 3. The van der Waals surface area contributed by atoms with Crippen molar-refractivity contribution in [1.82, 2.24) is 20.5 Å². The highest BCUT2D eigenvalue weighted by Crippen LogP contribution is 2.32. The topological polar surface area (TPSA) is 91.4 Å². The lowest BCUT2D eigenvalue weighted by Crippen LogP contribution is -2.52. The van der Waals surface area contributed by atoms with Gasteiger partial charge in [-0.3, -0.25) is 19.7 Å². The zero-order chi connectivity index (χ0) is 23.7. The molecule has 1 saturated carbocycles. The van der Waals surface area contributed by atoms with E-state index in [9.17, 15) is 18.8 Å². The van der Waals surface area contributed by atoms with Crippen molar-refractivity contribution in [2.45, 2.75) is 70.1 Å². The lowest BCUT2D eigenvalue weighted by molar-refractivity contribution is -0.136. The molecule has 1 saturated heterocycles. The molecular weight excluding hydrogens is 435 g/mol. The molecule has 1 aliphatic carbocycles. The molecule has 2 aliphatic heterocycles. The molecule has 1 aromatic carbocycles. The van der Waals surface area contributed by atoms with E-state index in [1.54, 1.807) is 17.0 Å². The Morgan fingerprint density at radius 1 is 1.12 bits per heavy atom. The van der Waals surface area contributed by atoms with Gasteiger partial charge in [0.05, 0.1) is 0 Å². The quantitative estimate of drug-likeness (QED) is 0.507. The van der Waals surface area contributed by atoms with Crippen LogP contribution in [0.5, 0.6) is 0 Å². The first kappa shape index (κ1) is 22.7. The maximum absolute atomic E-state index is 13.9. The third kappa shape index (κ3) is 4.59. The van der Waals surface area contributed by atoms with E-state index in [2.05, 4.69) is 21.7 Å². The predicted molar refractivity (Wildman–Crippen MR) is 123 cm³/mol. The number of halogens is 1. The Morgan fingerprint density at radius 2 is 1.97 bits per heavy atom. The van der Waals surface area contributed by atoms with Crippen LogP contribution < -0.4 is 10.6 Å². The summed E-state index contributed by atoms with van der Waals surface area (Å²) in [6.45, 7) is 0.849. The van der Waals surface area contributed by atoms with Crippen LogP contribution in [-0.2, 0) is 29.1 Å². The lowest BCUT2D eigenvalue weighted by atomic mass is 9.80. The highest BCUT2D eigenvalue weighted by Gasteiger charge is 2.39. The smallest absolute Gasteiger partial charge is 0.255 e. The van der Waals surface area contributed by atoms with Gasteiger partial charge in [0.15, 0.2) is 0 Å². The third-order valence-electron chi connectivity index (χ3n) is 7.39. The summed E-state index contributed by atoms with van der Waals surface area (Å²) < 4.78 is 13.9. The zero-order valence-electron chi connectivity index (χ0n) is 19.1. The van der Waals surface area contributed by atoms with Gasteiger partial charge >= 0.3 is 0 Å². The number of benzene rings is 1. The molecule has 34 heavy (non-hydrogen) atoms. The summed E-state index contributed by atoms with van der Waals surface area (Å²) in [6, 6.07) is 9.18. The van der Waals surface area contributed by atoms with E-state index in [0.29, 0.717) is 42.6 Å². The second-order valence-corrected chi connectivity index (χ2v) is 9.58. The number of aromatic nitrogens is 1. The Kier molecular flexibility index (Phi) is 6.41. The van der Waals surface area contributed by atoms with Crippen LogP contribution in [0.3, 0.4) is 0 Å². The molecule has 0 spiro atoms. The molecule has 3 atom stereocenters. The van der Waals surface area contributed by atoms with Crippen molar-refractivity contribution in [2.75, 3.05) is 0 Å². The molecule has 0 bridgehead atoms. The Bertz CT molecular complexity index is 1120. The summed E-state index contributed by atoms with van der Waals surface area (Å²) in [5, 5.41) is 5.90. The monoisotopic (exact) mass is 464 g/mol. The number of carbonyl (C=O) groups excluding carboxylic acids is 3. The maximum atomic E-state index is 13.9. The number of nitrogens with one attached hydrogen (secondary N) is 2. The second-order valence-electron chi connectivity index (χ2n) is 9.58. The highest BCUT2D eigenvalue weighted by molar-refractivity contribution is 6.05. The van der Waals surface area contributed by atoms with Crippen molar-refractivity contribution in [1.29, 1.82) is 0 Å². The Balaban J connectivity index is 1.26. The Morgan fingerprint density at radius 3 is 2.79 bits per heavy atom. The van der Waals surface area contributed by atoms with E-state index in [4.69, 9.17) is 0 Å². The lowest BCUT2D eigenvalue weighted by Gasteiger charge is -2.32. The van der Waals surface area contributed by atoms with Crippen molar-refractivity contribution in [3.8, 4) is 0 Å². The minimum atomic E-state index is -0.596. The van der Waals surface area contributed by atoms with Crippen LogP contribution >= 0.6 is 0 Å². The number of rotatable bonds is 6. The van der Waals surface area contributed by atoms with Crippen molar-refractivity contribution in [3.63, 3.8) is 0 Å². The number of piperidine rings is 1. The van der Waals surface area contributed by atoms with E-state index < -0.39 is 12.0 Å². The molecule has 8 heteroatoms. The van der Waals surface area contributed by atoms with Crippen molar-refractivity contribution < 1.29 is 18.8 Å². The van der Waals surface area contributed by atoms with E-state index >= 15 is 0 Å². The number of hydrogen-bond acceptors (Lipinski definition) is 5. The average Bonchev–Trinajstić information content (AvgIpc) is 3.15. The average molecular weight is 465 g/mol. The SMILES string of the molecule is O=C1CCC(N2Cc3cc(C[C@H]4CCCC[C@@H]4NCc4cccnc4F)ccc3C2=O)C(=O)N1. The van der Waals surface area contributed by atoms with Gasteiger partial charge in [0.25, 0.3) is 5.91 Å². The standard InChI is InChI=1S/C26H29FN4O3/c27-24-18(5-3-11-28-24)14-29-21-6-2-1-4-17(21)12-16-7-8-20-19(13-16)15-31(26(20)34)22-9-10-23(32)30-25(22)33/h3,5,7-8,11,13,17,21-22,29H,1-2,4,6,9-10,12,14-15H2,(H,30,32,33)/t17-,21+,22?/m1/s1. The van der Waals surface area contributed by atoms with E-state index in [0.717, 1.165) is 31.2 Å². The largest absolute Gasteiger partial charge is 0.322 e. The summed E-state index contributed by atoms with van der Waals surface area (Å²) in [6.07, 6.45) is 7.45. The molecule has 3 aliphatic rings. The fraction of sp³-hybridized carbons (Fsp3) is 0.462. The number of fused-ring (bicyclic) bond motifs is 1. The number of carbonyl (C=O) groups is 3. The fourth-order valence-electron chi connectivity index (χ4n) is 5.57. The van der Waals surface area contributed by atoms with Crippen LogP contribution in [0, 0.1) is 11.9 Å². The fourth-order valence-corrected chi connectivity index (χ4v) is 5.57. The van der Waals surface area contributed by atoms with Gasteiger partial charge in [0.2, 0.25) is 17.8 Å². The van der Waals surface area contributed by atoms with Gasteiger partial charge in [0, 0.05) is 42.9 Å². The number of hydrogen-bond donors (Lipinski definition) is 2. The molecule has 7 nitrogen and oxygen atoms in total. The van der Waals surface area contributed by atoms with Gasteiger partial charge in [0.1, 0.15) is 6.04 Å². The van der Waals surface area contributed by atoms with Crippen LogP contribution in [0.4, 0.5) is 4.39 Å².